The van der Waals surface area contributed by atoms with Crippen molar-refractivity contribution in [3.63, 3.8) is 0 Å². The molecule has 0 amide bonds. The number of allylic oxidation sites excluding steroid dienone is 1. The molecule has 0 saturated heterocycles. The van der Waals surface area contributed by atoms with Gasteiger partial charge in [0.05, 0.1) is 17.2 Å². The highest BCUT2D eigenvalue weighted by Crippen LogP contribution is 2.39. The lowest BCUT2D eigenvalue weighted by Crippen LogP contribution is -2.22. The second-order valence-corrected chi connectivity index (χ2v) is 7.79. The van der Waals surface area contributed by atoms with E-state index >= 15 is 0 Å². The van der Waals surface area contributed by atoms with Gasteiger partial charge in [0.1, 0.15) is 0 Å². The molecule has 0 fully saturated rings. The summed E-state index contributed by atoms with van der Waals surface area (Å²) in [7, 11) is 0. The highest BCUT2D eigenvalue weighted by Gasteiger charge is 2.37. The van der Waals surface area contributed by atoms with Crippen LogP contribution < -0.4 is 5.32 Å². The van der Waals surface area contributed by atoms with Crippen molar-refractivity contribution >= 4 is 11.3 Å². The Balaban J connectivity index is 1.74. The van der Waals surface area contributed by atoms with Gasteiger partial charge in [-0.2, -0.15) is 26.3 Å². The van der Waals surface area contributed by atoms with E-state index in [1.807, 2.05) is 24.3 Å². The molecule has 8 heteroatoms. The molecule has 2 aromatic carbocycles. The third-order valence-electron chi connectivity index (χ3n) is 5.67. The van der Waals surface area contributed by atoms with Crippen molar-refractivity contribution in [1.29, 1.82) is 0 Å². The summed E-state index contributed by atoms with van der Waals surface area (Å²) < 4.78 is 79.4. The minimum Gasteiger partial charge on any atom is -0.301 e. The maximum absolute atomic E-state index is 13.2. The minimum absolute atomic E-state index is 0.0908. The number of benzene rings is 2. The van der Waals surface area contributed by atoms with E-state index in [9.17, 15) is 26.3 Å². The summed E-state index contributed by atoms with van der Waals surface area (Å²) in [6, 6.07) is 9.53. The molecule has 1 unspecified atom stereocenters. The lowest BCUT2D eigenvalue weighted by Gasteiger charge is -2.19. The van der Waals surface area contributed by atoms with E-state index in [0.717, 1.165) is 35.4 Å². The smallest absolute Gasteiger partial charge is 0.301 e. The maximum Gasteiger partial charge on any atom is 0.416 e. The monoisotopic (exact) mass is 438 g/mol. The molecule has 0 radical (unpaired) electrons. The van der Waals surface area contributed by atoms with E-state index in [4.69, 9.17) is 0 Å². The van der Waals surface area contributed by atoms with Crippen molar-refractivity contribution in [2.75, 3.05) is 0 Å². The molecular weight excluding hydrogens is 418 g/mol. The van der Waals surface area contributed by atoms with Crippen LogP contribution in [0.5, 0.6) is 0 Å². The average Bonchev–Trinajstić information content (AvgIpc) is 3.10. The second kappa shape index (κ2) is 8.15. The standard InChI is InChI=1S/C23H20F6N2/c24-22(25,26)17-9-16(10-18(11-17)23(27,28)29)14-5-2-4-8-20(30-12-14)21-19-7-3-1-6-15(19)13-31-21/h1,3,6-7,9-12,21,31H,2,4-5,8,13H2. The number of nitrogens with zero attached hydrogens (tertiary/aromatic N) is 1. The van der Waals surface area contributed by atoms with Crippen molar-refractivity contribution in [3.05, 3.63) is 76.5 Å². The number of rotatable bonds is 2. The Morgan fingerprint density at radius 1 is 0.839 bits per heavy atom. The molecule has 2 heterocycles. The summed E-state index contributed by atoms with van der Waals surface area (Å²) >= 11 is 0. The molecular formula is C23H20F6N2. The van der Waals surface area contributed by atoms with Gasteiger partial charge in [0.15, 0.2) is 0 Å². The van der Waals surface area contributed by atoms with Gasteiger partial charge in [-0.3, -0.25) is 4.99 Å². The number of hydrogen-bond acceptors (Lipinski definition) is 2. The molecule has 0 aromatic heterocycles. The Labute approximate surface area is 175 Å². The Bertz CT molecular complexity index is 1000. The fourth-order valence-electron chi connectivity index (χ4n) is 4.09. The molecule has 164 valence electrons. The van der Waals surface area contributed by atoms with Gasteiger partial charge < -0.3 is 5.32 Å². The van der Waals surface area contributed by atoms with Crippen molar-refractivity contribution in [2.24, 2.45) is 4.99 Å². The van der Waals surface area contributed by atoms with Crippen molar-refractivity contribution in [3.8, 4) is 0 Å². The fourth-order valence-corrected chi connectivity index (χ4v) is 4.09. The van der Waals surface area contributed by atoms with Crippen LogP contribution in [0, 0.1) is 0 Å². The Morgan fingerprint density at radius 3 is 2.16 bits per heavy atom. The number of hydrogen-bond donors (Lipinski definition) is 1. The van der Waals surface area contributed by atoms with Crippen molar-refractivity contribution < 1.29 is 26.3 Å². The second-order valence-electron chi connectivity index (χ2n) is 7.79. The molecule has 2 nitrogen and oxygen atoms in total. The van der Waals surface area contributed by atoms with Gasteiger partial charge in [0.25, 0.3) is 0 Å². The van der Waals surface area contributed by atoms with Crippen LogP contribution in [0.1, 0.15) is 59.5 Å². The number of halogens is 6. The van der Waals surface area contributed by atoms with Gasteiger partial charge in [-0.1, -0.05) is 24.3 Å². The summed E-state index contributed by atoms with van der Waals surface area (Å²) in [6.45, 7) is 0.693. The molecule has 0 saturated carbocycles. The summed E-state index contributed by atoms with van der Waals surface area (Å²) in [5.41, 5.74) is 0.772. The lowest BCUT2D eigenvalue weighted by molar-refractivity contribution is -0.143. The zero-order valence-electron chi connectivity index (χ0n) is 16.4. The summed E-state index contributed by atoms with van der Waals surface area (Å²) in [4.78, 5) is 4.54. The molecule has 2 aromatic rings. The molecule has 31 heavy (non-hydrogen) atoms. The van der Waals surface area contributed by atoms with Crippen LogP contribution in [0.15, 0.2) is 53.7 Å². The summed E-state index contributed by atoms with van der Waals surface area (Å²) in [5, 5.41) is 3.40. The number of alkyl halides is 6. The molecule has 0 bridgehead atoms. The maximum atomic E-state index is 13.2. The van der Waals surface area contributed by atoms with E-state index < -0.39 is 23.5 Å². The van der Waals surface area contributed by atoms with Crippen LogP contribution in [0.2, 0.25) is 0 Å². The minimum atomic E-state index is -4.87. The van der Waals surface area contributed by atoms with E-state index in [0.29, 0.717) is 31.4 Å². The highest BCUT2D eigenvalue weighted by molar-refractivity contribution is 5.92. The van der Waals surface area contributed by atoms with Crippen LogP contribution in [0.25, 0.3) is 5.57 Å². The number of aliphatic imine (C=N–C) groups is 1. The average molecular weight is 438 g/mol. The highest BCUT2D eigenvalue weighted by atomic mass is 19.4. The first kappa shape index (κ1) is 21.6. The van der Waals surface area contributed by atoms with Gasteiger partial charge in [0.2, 0.25) is 0 Å². The molecule has 0 aliphatic carbocycles. The van der Waals surface area contributed by atoms with Crippen LogP contribution >= 0.6 is 0 Å². The largest absolute Gasteiger partial charge is 0.416 e. The number of fused-ring (bicyclic) bond motifs is 1. The molecule has 2 aliphatic rings. The van der Waals surface area contributed by atoms with Crippen molar-refractivity contribution in [2.45, 2.75) is 50.6 Å². The van der Waals surface area contributed by atoms with Gasteiger partial charge >= 0.3 is 12.4 Å². The third kappa shape index (κ3) is 4.69. The van der Waals surface area contributed by atoms with E-state index in [1.54, 1.807) is 0 Å². The van der Waals surface area contributed by atoms with E-state index in [-0.39, 0.29) is 17.7 Å². The SMILES string of the molecule is FC(F)(F)c1cc(C2=CN=C(C3NCc4ccccc43)CCCC2)cc(C(F)(F)F)c1. The molecule has 1 N–H and O–H groups in total. The van der Waals surface area contributed by atoms with Crippen LogP contribution in [-0.4, -0.2) is 5.71 Å². The zero-order chi connectivity index (χ0) is 22.2. The van der Waals surface area contributed by atoms with Gasteiger partial charge in [0, 0.05) is 18.5 Å². The molecule has 1 atom stereocenters. The first-order valence-corrected chi connectivity index (χ1v) is 9.99. The normalized spacial score (nSPS) is 19.9. The first-order valence-electron chi connectivity index (χ1n) is 9.99. The van der Waals surface area contributed by atoms with Crippen LogP contribution in [0.3, 0.4) is 0 Å². The number of nitrogens with one attached hydrogen (secondary N) is 1. The lowest BCUT2D eigenvalue weighted by atomic mass is 9.93. The summed E-state index contributed by atoms with van der Waals surface area (Å²) in [5.74, 6) is 0. The zero-order valence-corrected chi connectivity index (χ0v) is 16.4. The predicted octanol–water partition coefficient (Wildman–Crippen LogP) is 6.92. The fraction of sp³-hybridized carbons (Fsp3) is 0.348. The Kier molecular flexibility index (Phi) is 5.68. The van der Waals surface area contributed by atoms with Crippen LogP contribution in [-0.2, 0) is 18.9 Å². The van der Waals surface area contributed by atoms with Gasteiger partial charge in [-0.05, 0) is 66.1 Å². The predicted molar refractivity (Wildman–Crippen MR) is 106 cm³/mol. The first-order chi connectivity index (χ1) is 14.6. The summed E-state index contributed by atoms with van der Waals surface area (Å²) in [6.07, 6.45) is -5.82. The quantitative estimate of drug-likeness (QED) is 0.506. The Morgan fingerprint density at radius 2 is 1.48 bits per heavy atom. The van der Waals surface area contributed by atoms with Crippen molar-refractivity contribution in [1.82, 2.24) is 5.32 Å². The third-order valence-corrected chi connectivity index (χ3v) is 5.67. The molecule has 2 aliphatic heterocycles. The van der Waals surface area contributed by atoms with E-state index in [2.05, 4.69) is 10.3 Å². The molecule has 4 rings (SSSR count). The molecule has 0 spiro atoms. The van der Waals surface area contributed by atoms with Crippen LogP contribution in [0.4, 0.5) is 26.3 Å². The van der Waals surface area contributed by atoms with Gasteiger partial charge in [-0.25, -0.2) is 0 Å². The topological polar surface area (TPSA) is 24.4 Å². The van der Waals surface area contributed by atoms with Gasteiger partial charge in [-0.15, -0.1) is 0 Å². The Hall–Kier alpha value is -2.61. The van der Waals surface area contributed by atoms with E-state index in [1.165, 1.54) is 6.20 Å².